The lowest BCUT2D eigenvalue weighted by molar-refractivity contribution is -0.174. The van der Waals surface area contributed by atoms with Crippen molar-refractivity contribution in [2.24, 2.45) is 0 Å². The van der Waals surface area contributed by atoms with Gasteiger partial charge in [0.15, 0.2) is 27.0 Å². The van der Waals surface area contributed by atoms with Gasteiger partial charge in [-0.05, 0) is 6.92 Å². The quantitative estimate of drug-likeness (QED) is 0.0266. The Labute approximate surface area is 544 Å². The van der Waals surface area contributed by atoms with Gasteiger partial charge in [0.2, 0.25) is 13.6 Å². The molecule has 0 saturated heterocycles. The summed E-state index contributed by atoms with van der Waals surface area (Å²) in [5.41, 5.74) is 0. The topological polar surface area (TPSA) is 543 Å². The zero-order chi connectivity index (χ0) is 75.3. The minimum Gasteiger partial charge on any atom is -0.469 e. The molecule has 0 aromatic rings. The lowest BCUT2D eigenvalue weighted by Gasteiger charge is -2.03. The van der Waals surface area contributed by atoms with Gasteiger partial charge in [0.05, 0.1) is 72.8 Å². The molecule has 0 aromatic heterocycles. The molecule has 0 rings (SSSR count). The van der Waals surface area contributed by atoms with Crippen LogP contribution in [0.1, 0.15) is 102 Å². The van der Waals surface area contributed by atoms with Gasteiger partial charge in [0, 0.05) is 82.6 Å². The van der Waals surface area contributed by atoms with Gasteiger partial charge in [-0.15, -0.1) is 0 Å². The van der Waals surface area contributed by atoms with Crippen LogP contribution in [-0.4, -0.2) is 248 Å². The Kier molecular flexibility index (Phi) is 78.5. The molecule has 44 heteroatoms. The van der Waals surface area contributed by atoms with Gasteiger partial charge in [-0.3, -0.25) is 70.7 Å². The molecule has 0 aromatic carbocycles. The third-order valence-electron chi connectivity index (χ3n) is 6.49. The highest BCUT2D eigenvalue weighted by molar-refractivity contribution is 7.86. The lowest BCUT2D eigenvalue weighted by Crippen LogP contribution is -2.18. The molecule has 0 aliphatic carbocycles. The highest BCUT2D eigenvalue weighted by Gasteiger charge is 2.10. The summed E-state index contributed by atoms with van der Waals surface area (Å²) in [6.07, 6.45) is 3.26. The van der Waals surface area contributed by atoms with Crippen molar-refractivity contribution in [2.75, 3.05) is 134 Å². The third kappa shape index (κ3) is 146. The zero-order valence-electron chi connectivity index (χ0n) is 55.5. The Bertz CT molecular complexity index is 2460. The van der Waals surface area contributed by atoms with Crippen LogP contribution in [0, 0.1) is 0 Å². The van der Waals surface area contributed by atoms with E-state index in [1.54, 1.807) is 6.92 Å². The van der Waals surface area contributed by atoms with E-state index < -0.39 is 92.3 Å². The van der Waals surface area contributed by atoms with Gasteiger partial charge in [0.1, 0.15) is 33.0 Å². The highest BCUT2D eigenvalue weighted by Crippen LogP contribution is 1.93. The number of carbonyl (C=O) groups is 15. The van der Waals surface area contributed by atoms with Gasteiger partial charge in [-0.1, -0.05) is 0 Å². The second kappa shape index (κ2) is 70.6. The van der Waals surface area contributed by atoms with Crippen LogP contribution in [0.4, 0.5) is 0 Å². The fourth-order valence-corrected chi connectivity index (χ4v) is 3.93. The summed E-state index contributed by atoms with van der Waals surface area (Å²) < 4.78 is 149. The molecule has 0 amide bonds. The fourth-order valence-electron chi connectivity index (χ4n) is 2.98. The summed E-state index contributed by atoms with van der Waals surface area (Å²) in [4.78, 5) is 153. The molecule has 41 nitrogen and oxygen atoms in total. The van der Waals surface area contributed by atoms with Crippen LogP contribution in [0.15, 0.2) is 0 Å². The molecule has 0 heterocycles. The molecule has 0 aliphatic rings. The molecular weight excluding hydrogens is 1350 g/mol. The fraction of sp³-hybridized carbons (Fsp3) is 0.700. The molecule has 552 valence electrons. The number of rotatable bonds is 31. The number of methoxy groups -OCH3 is 3. The van der Waals surface area contributed by atoms with Crippen LogP contribution in [0.3, 0.4) is 0 Å². The Hall–Kier alpha value is -8.30. The molecule has 0 unspecified atom stereocenters. The second-order valence-electron chi connectivity index (χ2n) is 15.4. The maximum absolute atomic E-state index is 10.7. The first-order chi connectivity index (χ1) is 43.2. The van der Waals surface area contributed by atoms with Gasteiger partial charge in [0.25, 0.3) is 30.4 Å². The molecule has 0 aliphatic heterocycles. The van der Waals surface area contributed by atoms with Gasteiger partial charge in [-0.25, -0.2) is 13.8 Å². The molecule has 0 spiro atoms. The Balaban J connectivity index is -0.000000124. The predicted octanol–water partition coefficient (Wildman–Crippen LogP) is -0.927. The van der Waals surface area contributed by atoms with Crippen molar-refractivity contribution in [1.29, 1.82) is 0 Å². The van der Waals surface area contributed by atoms with Gasteiger partial charge < -0.3 is 80.5 Å². The zero-order valence-corrected chi connectivity index (χ0v) is 57.9. The summed E-state index contributed by atoms with van der Waals surface area (Å²) >= 11 is 0. The van der Waals surface area contributed by atoms with Gasteiger partial charge >= 0.3 is 89.5 Å². The molecule has 0 radical (unpaired) electrons. The highest BCUT2D eigenvalue weighted by atomic mass is 32.2. The van der Waals surface area contributed by atoms with Crippen molar-refractivity contribution in [3.63, 3.8) is 0 Å². The monoisotopic (exact) mass is 1440 g/mol. The normalized spacial score (nSPS) is 9.51. The van der Waals surface area contributed by atoms with Crippen LogP contribution in [-0.2, 0) is 195 Å². The minimum atomic E-state index is -3.67. The Morgan fingerprint density at radius 1 is 0.266 bits per heavy atom. The molecule has 0 atom stereocenters. The number of hydrogen-bond acceptors (Lipinski definition) is 41. The minimum absolute atomic E-state index is 0.0477. The van der Waals surface area contributed by atoms with E-state index in [2.05, 4.69) is 93.1 Å². The van der Waals surface area contributed by atoms with E-state index in [-0.39, 0.29) is 127 Å². The predicted molar refractivity (Wildman–Crippen MR) is 309 cm³/mol. The first-order valence-electron chi connectivity index (χ1n) is 25.7. The number of hydrogen-bond donors (Lipinski definition) is 0. The maximum Gasteiger partial charge on any atom is 0.336 e. The third-order valence-corrected chi connectivity index (χ3v) is 8.16. The number of ether oxygens (including phenoxy) is 17. The summed E-state index contributed by atoms with van der Waals surface area (Å²) in [6.45, 7) is 14.2. The van der Waals surface area contributed by atoms with E-state index >= 15 is 0 Å². The average molecular weight is 1440 g/mol. The van der Waals surface area contributed by atoms with E-state index in [4.69, 9.17) is 0 Å². The van der Waals surface area contributed by atoms with Crippen molar-refractivity contribution in [3.8, 4) is 0 Å². The summed E-state index contributed by atoms with van der Waals surface area (Å²) in [5.74, 6) is -6.80. The van der Waals surface area contributed by atoms with Crippen LogP contribution in [0.2, 0.25) is 0 Å². The van der Waals surface area contributed by atoms with E-state index in [0.717, 1.165) is 32.6 Å². The maximum atomic E-state index is 10.7. The Morgan fingerprint density at radius 3 is 0.840 bits per heavy atom. The summed E-state index contributed by atoms with van der Waals surface area (Å²) in [6, 6.07) is 0. The van der Waals surface area contributed by atoms with Crippen LogP contribution >= 0.6 is 0 Å². The average Bonchev–Trinajstić information content (AvgIpc) is 3.64. The van der Waals surface area contributed by atoms with Crippen molar-refractivity contribution >= 4 is 120 Å². The number of esters is 15. The molecule has 0 fully saturated rings. The van der Waals surface area contributed by atoms with E-state index in [0.29, 0.717) is 13.0 Å². The molecule has 94 heavy (non-hydrogen) atoms. The first-order valence-corrected chi connectivity index (χ1v) is 31.1. The molecular formula is C50H88O41S3. The van der Waals surface area contributed by atoms with E-state index in [1.165, 1.54) is 83.6 Å². The van der Waals surface area contributed by atoms with Crippen LogP contribution < -0.4 is 0 Å². The van der Waals surface area contributed by atoms with Crippen LogP contribution in [0.25, 0.3) is 0 Å². The van der Waals surface area contributed by atoms with Crippen molar-refractivity contribution < 1.29 is 190 Å². The molecule has 0 saturated carbocycles. The summed E-state index contributed by atoms with van der Waals surface area (Å²) in [5, 5.41) is 0. The van der Waals surface area contributed by atoms with Crippen LogP contribution in [0.5, 0.6) is 0 Å². The molecule has 0 bridgehead atoms. The summed E-state index contributed by atoms with van der Waals surface area (Å²) in [7, 11) is -6.71. The Morgan fingerprint density at radius 2 is 0.553 bits per heavy atom. The SMILES string of the molecule is CC(=O)OCCCOS(C)(=O)=O.CC(=O)OCCOC(C)=O.CC(=O)OCOC(=O)COS(C)(=O)=O.CC(=O)OCOCOC(C)=O.CC(=O)OCOS(C)(=O)=O.CCOC(C)=O.COC(=O)CCOC(C)=O.COC(=O)CCOC(C)=O.COC(=O)COCOC(C)=O. The smallest absolute Gasteiger partial charge is 0.336 e. The van der Waals surface area contributed by atoms with Crippen molar-refractivity contribution in [3.05, 3.63) is 0 Å². The van der Waals surface area contributed by atoms with E-state index in [1.807, 2.05) is 0 Å². The largest absolute Gasteiger partial charge is 0.469 e. The van der Waals surface area contributed by atoms with Crippen molar-refractivity contribution in [1.82, 2.24) is 0 Å². The first kappa shape index (κ1) is 105. The lowest BCUT2D eigenvalue weighted by atomic mass is 10.5. The van der Waals surface area contributed by atoms with E-state index in [9.17, 15) is 97.2 Å². The second-order valence-corrected chi connectivity index (χ2v) is 20.3. The van der Waals surface area contributed by atoms with Gasteiger partial charge in [-0.2, -0.15) is 25.3 Å². The molecule has 0 N–H and O–H groups in total. The standard InChI is InChI=1S/C6H10O7S.C6H12O5S.2C6H10O5.3C6H10O4.C4H8O5S.C4H8O2/c1-5(7)11-4-12-6(8)3-13-14(2,9)10;1-6(7)10-4-3-5-11-12(2,8)9;1-5(7)11-4-10-3-6(8)9-2;1-5(7)10-3-9-4-11-6(2)8;2*1-5(7)10-4-3-6(8)9-2;1-5(7)9-3-4-10-6(2)8;1-4(5)8-3-9-10(2,6)7;1-3-6-4(2)5/h3-4H2,1-2H3;3-5H2,1-2H3;2*3-4H2,1-2H3;3*3-4H2,1-2H3;3H2,1-2H3;3H2,1-2H3. The van der Waals surface area contributed by atoms with Crippen molar-refractivity contribution in [2.45, 2.75) is 102 Å². The number of carbonyl (C=O) groups excluding carboxylic acids is 15.